The van der Waals surface area contributed by atoms with E-state index in [4.69, 9.17) is 9.47 Å². The molecule has 2 aliphatic carbocycles. The molecule has 2 saturated carbocycles. The molecular formula is C16H21NO2. The highest BCUT2D eigenvalue weighted by molar-refractivity contribution is 5.47. The first-order valence-corrected chi connectivity index (χ1v) is 7.51. The molecule has 1 N–H and O–H groups in total. The van der Waals surface area contributed by atoms with Crippen molar-refractivity contribution < 1.29 is 9.47 Å². The monoisotopic (exact) mass is 259 g/mol. The third-order valence-electron chi connectivity index (χ3n) is 4.94. The molecule has 0 radical (unpaired) electrons. The molecule has 3 atom stereocenters. The van der Waals surface area contributed by atoms with Gasteiger partial charge in [-0.05, 0) is 37.2 Å². The topological polar surface area (TPSA) is 30.5 Å². The molecule has 0 amide bonds. The highest BCUT2D eigenvalue weighted by atomic mass is 16.6. The summed E-state index contributed by atoms with van der Waals surface area (Å²) in [6, 6.07) is 6.92. The van der Waals surface area contributed by atoms with E-state index in [2.05, 4.69) is 17.4 Å². The second kappa shape index (κ2) is 4.71. The number of ether oxygens (including phenoxy) is 2. The van der Waals surface area contributed by atoms with Crippen LogP contribution in [0.15, 0.2) is 18.2 Å². The number of hydrogen-bond acceptors (Lipinski definition) is 3. The second-order valence-electron chi connectivity index (χ2n) is 6.10. The predicted octanol–water partition coefficient (Wildman–Crippen LogP) is 2.74. The summed E-state index contributed by atoms with van der Waals surface area (Å²) < 4.78 is 11.4. The first kappa shape index (κ1) is 11.6. The van der Waals surface area contributed by atoms with E-state index in [1.807, 2.05) is 6.07 Å². The van der Waals surface area contributed by atoms with E-state index >= 15 is 0 Å². The van der Waals surface area contributed by atoms with Crippen LogP contribution in [0.25, 0.3) is 0 Å². The zero-order valence-corrected chi connectivity index (χ0v) is 11.2. The van der Waals surface area contributed by atoms with Gasteiger partial charge in [-0.2, -0.15) is 0 Å². The SMILES string of the molecule is c1cc(CNC2CC3CCC2C3)c2c(c1)OCCO2. The van der Waals surface area contributed by atoms with Crippen molar-refractivity contribution in [1.82, 2.24) is 5.32 Å². The van der Waals surface area contributed by atoms with Crippen LogP contribution in [0.2, 0.25) is 0 Å². The minimum Gasteiger partial charge on any atom is -0.486 e. The van der Waals surface area contributed by atoms with Gasteiger partial charge in [-0.3, -0.25) is 0 Å². The fourth-order valence-corrected chi connectivity index (χ4v) is 4.01. The molecule has 0 aromatic heterocycles. The maximum atomic E-state index is 5.77. The first-order chi connectivity index (χ1) is 9.40. The average molecular weight is 259 g/mol. The fourth-order valence-electron chi connectivity index (χ4n) is 4.01. The molecule has 4 rings (SSSR count). The highest BCUT2D eigenvalue weighted by Crippen LogP contribution is 2.44. The Hall–Kier alpha value is -1.22. The van der Waals surface area contributed by atoms with Crippen molar-refractivity contribution in [3.05, 3.63) is 23.8 Å². The molecule has 3 heteroatoms. The summed E-state index contributed by atoms with van der Waals surface area (Å²) in [7, 11) is 0. The summed E-state index contributed by atoms with van der Waals surface area (Å²) in [4.78, 5) is 0. The van der Waals surface area contributed by atoms with Crippen LogP contribution in [0.1, 0.15) is 31.2 Å². The molecule has 1 aliphatic heterocycles. The van der Waals surface area contributed by atoms with Gasteiger partial charge >= 0.3 is 0 Å². The molecule has 1 heterocycles. The van der Waals surface area contributed by atoms with Gasteiger partial charge in [-0.25, -0.2) is 0 Å². The van der Waals surface area contributed by atoms with Crippen LogP contribution in [0, 0.1) is 11.8 Å². The molecule has 0 saturated heterocycles. The number of hydrogen-bond donors (Lipinski definition) is 1. The van der Waals surface area contributed by atoms with Crippen LogP contribution >= 0.6 is 0 Å². The van der Waals surface area contributed by atoms with E-state index in [0.29, 0.717) is 13.2 Å². The Labute approximate surface area is 114 Å². The van der Waals surface area contributed by atoms with E-state index in [9.17, 15) is 0 Å². The van der Waals surface area contributed by atoms with Gasteiger partial charge in [0.1, 0.15) is 13.2 Å². The summed E-state index contributed by atoms with van der Waals surface area (Å²) in [6.07, 6.45) is 5.70. The van der Waals surface area contributed by atoms with E-state index in [-0.39, 0.29) is 0 Å². The van der Waals surface area contributed by atoms with Gasteiger partial charge in [0, 0.05) is 18.2 Å². The maximum absolute atomic E-state index is 5.77. The van der Waals surface area contributed by atoms with Crippen molar-refractivity contribution in [3.8, 4) is 11.5 Å². The molecular weight excluding hydrogens is 238 g/mol. The fraction of sp³-hybridized carbons (Fsp3) is 0.625. The van der Waals surface area contributed by atoms with Crippen molar-refractivity contribution in [2.45, 2.75) is 38.3 Å². The van der Waals surface area contributed by atoms with Crippen molar-refractivity contribution >= 4 is 0 Å². The lowest BCUT2D eigenvalue weighted by Gasteiger charge is -2.25. The predicted molar refractivity (Wildman–Crippen MR) is 73.5 cm³/mol. The Bertz CT molecular complexity index is 474. The molecule has 1 aromatic carbocycles. The summed E-state index contributed by atoms with van der Waals surface area (Å²) in [5.41, 5.74) is 1.24. The minimum atomic E-state index is 0.663. The lowest BCUT2D eigenvalue weighted by atomic mass is 9.95. The van der Waals surface area contributed by atoms with Crippen molar-refractivity contribution in [2.24, 2.45) is 11.8 Å². The number of benzene rings is 1. The van der Waals surface area contributed by atoms with Crippen LogP contribution in [-0.4, -0.2) is 19.3 Å². The molecule has 3 unspecified atom stereocenters. The Morgan fingerprint density at radius 3 is 2.89 bits per heavy atom. The van der Waals surface area contributed by atoms with Gasteiger partial charge in [0.25, 0.3) is 0 Å². The Morgan fingerprint density at radius 2 is 2.05 bits per heavy atom. The smallest absolute Gasteiger partial charge is 0.165 e. The van der Waals surface area contributed by atoms with Gasteiger partial charge in [-0.1, -0.05) is 18.6 Å². The Kier molecular flexibility index (Phi) is 2.87. The number of fused-ring (bicyclic) bond motifs is 3. The summed E-state index contributed by atoms with van der Waals surface area (Å²) in [6.45, 7) is 2.23. The van der Waals surface area contributed by atoms with Crippen LogP contribution in [0.3, 0.4) is 0 Å². The zero-order valence-electron chi connectivity index (χ0n) is 11.2. The van der Waals surface area contributed by atoms with Gasteiger partial charge in [0.05, 0.1) is 0 Å². The van der Waals surface area contributed by atoms with Gasteiger partial charge in [-0.15, -0.1) is 0 Å². The zero-order chi connectivity index (χ0) is 12.7. The van der Waals surface area contributed by atoms with Crippen molar-refractivity contribution in [2.75, 3.05) is 13.2 Å². The molecule has 3 aliphatic rings. The largest absolute Gasteiger partial charge is 0.486 e. The first-order valence-electron chi connectivity index (χ1n) is 7.51. The van der Waals surface area contributed by atoms with Crippen LogP contribution in [0.4, 0.5) is 0 Å². The lowest BCUT2D eigenvalue weighted by Crippen LogP contribution is -2.33. The molecule has 0 spiro atoms. The molecule has 2 fully saturated rings. The van der Waals surface area contributed by atoms with Crippen molar-refractivity contribution in [3.63, 3.8) is 0 Å². The third kappa shape index (κ3) is 2.10. The molecule has 19 heavy (non-hydrogen) atoms. The van der Waals surface area contributed by atoms with Crippen LogP contribution in [-0.2, 0) is 6.54 Å². The van der Waals surface area contributed by atoms with Crippen LogP contribution in [0.5, 0.6) is 11.5 Å². The second-order valence-corrected chi connectivity index (χ2v) is 6.10. The van der Waals surface area contributed by atoms with E-state index in [1.54, 1.807) is 0 Å². The summed E-state index contributed by atoms with van der Waals surface area (Å²) in [5.74, 6) is 3.76. The van der Waals surface area contributed by atoms with E-state index in [0.717, 1.165) is 35.9 Å². The van der Waals surface area contributed by atoms with Crippen molar-refractivity contribution in [1.29, 1.82) is 0 Å². The number of rotatable bonds is 3. The van der Waals surface area contributed by atoms with E-state index < -0.39 is 0 Å². The Balaban J connectivity index is 1.45. The maximum Gasteiger partial charge on any atom is 0.165 e. The summed E-state index contributed by atoms with van der Waals surface area (Å²) in [5, 5.41) is 3.74. The normalized spacial score (nSPS) is 31.7. The molecule has 3 nitrogen and oxygen atoms in total. The Morgan fingerprint density at radius 1 is 1.11 bits per heavy atom. The summed E-state index contributed by atoms with van der Waals surface area (Å²) >= 11 is 0. The minimum absolute atomic E-state index is 0.663. The van der Waals surface area contributed by atoms with Gasteiger partial charge < -0.3 is 14.8 Å². The molecule has 1 aromatic rings. The number of para-hydroxylation sites is 1. The molecule has 102 valence electrons. The highest BCUT2D eigenvalue weighted by Gasteiger charge is 2.39. The van der Waals surface area contributed by atoms with E-state index in [1.165, 1.54) is 31.2 Å². The average Bonchev–Trinajstić information content (AvgIpc) is 3.07. The third-order valence-corrected chi connectivity index (χ3v) is 4.94. The van der Waals surface area contributed by atoms with Gasteiger partial charge in [0.2, 0.25) is 0 Å². The quantitative estimate of drug-likeness (QED) is 0.905. The molecule has 2 bridgehead atoms. The lowest BCUT2D eigenvalue weighted by molar-refractivity contribution is 0.169. The number of nitrogens with one attached hydrogen (secondary N) is 1. The standard InChI is InChI=1S/C16H21NO2/c1-2-13(16-15(3-1)18-6-7-19-16)10-17-14-9-11-4-5-12(14)8-11/h1-3,11-12,14,17H,4-10H2. The van der Waals surface area contributed by atoms with Gasteiger partial charge in [0.15, 0.2) is 11.5 Å². The van der Waals surface area contributed by atoms with Crippen LogP contribution < -0.4 is 14.8 Å².